The van der Waals surface area contributed by atoms with Crippen LogP contribution in [-0.2, 0) is 13.7 Å². The van der Waals surface area contributed by atoms with Crippen LogP contribution >= 0.6 is 15.9 Å². The molecular formula is C13H14BrN3O3. The van der Waals surface area contributed by atoms with Gasteiger partial charge in [-0.2, -0.15) is 5.10 Å². The smallest absolute Gasteiger partial charge is 0.339 e. The lowest BCUT2D eigenvalue weighted by Crippen LogP contribution is -2.07. The van der Waals surface area contributed by atoms with Crippen molar-refractivity contribution in [2.45, 2.75) is 13.5 Å². The molecule has 106 valence electrons. The molecule has 0 bridgehead atoms. The van der Waals surface area contributed by atoms with Gasteiger partial charge in [0.2, 0.25) is 0 Å². The Morgan fingerprint density at radius 3 is 2.80 bits per heavy atom. The van der Waals surface area contributed by atoms with Gasteiger partial charge in [0.1, 0.15) is 17.9 Å². The summed E-state index contributed by atoms with van der Waals surface area (Å²) in [6.45, 7) is 2.07. The van der Waals surface area contributed by atoms with Gasteiger partial charge in [0.15, 0.2) is 0 Å². The lowest BCUT2D eigenvalue weighted by molar-refractivity contribution is 0.0691. The Balaban J connectivity index is 2.27. The molecule has 0 saturated carbocycles. The van der Waals surface area contributed by atoms with E-state index >= 15 is 0 Å². The van der Waals surface area contributed by atoms with Gasteiger partial charge >= 0.3 is 5.97 Å². The molecular weight excluding hydrogens is 326 g/mol. The zero-order valence-corrected chi connectivity index (χ0v) is 12.6. The molecule has 0 aliphatic rings. The third-order valence-corrected chi connectivity index (χ3v) is 3.89. The number of ether oxygens (including phenoxy) is 1. The molecule has 2 rings (SSSR count). The summed E-state index contributed by atoms with van der Waals surface area (Å²) in [5.41, 5.74) is 7.85. The second-order valence-electron chi connectivity index (χ2n) is 4.32. The number of rotatable bonds is 4. The van der Waals surface area contributed by atoms with E-state index < -0.39 is 5.97 Å². The largest absolute Gasteiger partial charge is 0.486 e. The molecule has 0 saturated heterocycles. The van der Waals surface area contributed by atoms with Crippen molar-refractivity contribution in [3.8, 4) is 5.75 Å². The minimum absolute atomic E-state index is 0.0780. The van der Waals surface area contributed by atoms with Crippen LogP contribution in [0.25, 0.3) is 0 Å². The highest BCUT2D eigenvalue weighted by Crippen LogP contribution is 2.25. The highest BCUT2D eigenvalue weighted by Gasteiger charge is 2.15. The molecule has 1 aromatic heterocycles. The number of carboxylic acid groups (broad SMARTS) is 1. The number of nitrogens with zero attached hydrogens (tertiary/aromatic N) is 2. The number of nitrogen functional groups attached to an aromatic ring is 1. The van der Waals surface area contributed by atoms with Gasteiger partial charge in [-0.15, -0.1) is 0 Å². The Morgan fingerprint density at radius 1 is 1.55 bits per heavy atom. The Morgan fingerprint density at radius 2 is 2.25 bits per heavy atom. The van der Waals surface area contributed by atoms with Crippen molar-refractivity contribution in [2.24, 2.45) is 7.05 Å². The van der Waals surface area contributed by atoms with E-state index in [9.17, 15) is 4.79 Å². The molecule has 0 aliphatic heterocycles. The number of benzene rings is 1. The standard InChI is InChI=1S/C13H14BrN3O3/c1-7-12(14)10(17(2)16-7)6-20-11-5-8(15)3-4-9(11)13(18)19/h3-5H,6,15H2,1-2H3,(H,18,19). The minimum atomic E-state index is -1.06. The number of aryl methyl sites for hydroxylation is 2. The summed E-state index contributed by atoms with van der Waals surface area (Å²) in [5, 5.41) is 13.4. The van der Waals surface area contributed by atoms with Crippen LogP contribution in [0.1, 0.15) is 21.7 Å². The SMILES string of the molecule is Cc1nn(C)c(COc2cc(N)ccc2C(=O)O)c1Br. The van der Waals surface area contributed by atoms with Gasteiger partial charge in [-0.1, -0.05) is 0 Å². The summed E-state index contributed by atoms with van der Waals surface area (Å²) in [6.07, 6.45) is 0. The highest BCUT2D eigenvalue weighted by atomic mass is 79.9. The van der Waals surface area contributed by atoms with E-state index in [1.165, 1.54) is 18.2 Å². The average Bonchev–Trinajstić information content (AvgIpc) is 2.61. The Kier molecular flexibility index (Phi) is 3.99. The number of carboxylic acids is 1. The van der Waals surface area contributed by atoms with E-state index in [0.717, 1.165) is 15.9 Å². The van der Waals surface area contributed by atoms with Gasteiger partial charge in [-0.25, -0.2) is 4.79 Å². The molecule has 0 atom stereocenters. The summed E-state index contributed by atoms with van der Waals surface area (Å²) in [7, 11) is 1.80. The van der Waals surface area contributed by atoms with Crippen LogP contribution in [0.5, 0.6) is 5.75 Å². The van der Waals surface area contributed by atoms with Crippen LogP contribution in [0, 0.1) is 6.92 Å². The molecule has 1 heterocycles. The molecule has 20 heavy (non-hydrogen) atoms. The number of aromatic carboxylic acids is 1. The Labute approximate surface area is 124 Å². The normalized spacial score (nSPS) is 10.6. The molecule has 0 aliphatic carbocycles. The van der Waals surface area contributed by atoms with E-state index in [1.807, 2.05) is 6.92 Å². The second kappa shape index (κ2) is 5.54. The lowest BCUT2D eigenvalue weighted by atomic mass is 10.2. The zero-order chi connectivity index (χ0) is 14.9. The van der Waals surface area contributed by atoms with Crippen LogP contribution in [-0.4, -0.2) is 20.9 Å². The summed E-state index contributed by atoms with van der Waals surface area (Å²) < 4.78 is 8.12. The van der Waals surface area contributed by atoms with E-state index in [4.69, 9.17) is 15.6 Å². The third-order valence-electron chi connectivity index (χ3n) is 2.86. The molecule has 1 aromatic carbocycles. The molecule has 0 unspecified atom stereocenters. The fourth-order valence-corrected chi connectivity index (χ4v) is 2.27. The van der Waals surface area contributed by atoms with Crippen molar-refractivity contribution in [3.05, 3.63) is 39.6 Å². The highest BCUT2D eigenvalue weighted by molar-refractivity contribution is 9.10. The van der Waals surface area contributed by atoms with Gasteiger partial charge in [0, 0.05) is 18.8 Å². The fraction of sp³-hybridized carbons (Fsp3) is 0.231. The van der Waals surface area contributed by atoms with Gasteiger partial charge in [0.05, 0.1) is 15.9 Å². The van der Waals surface area contributed by atoms with E-state index in [-0.39, 0.29) is 17.9 Å². The number of halogens is 1. The van der Waals surface area contributed by atoms with Crippen LogP contribution in [0.15, 0.2) is 22.7 Å². The first-order valence-corrected chi connectivity index (χ1v) is 6.63. The maximum Gasteiger partial charge on any atom is 0.339 e. The van der Waals surface area contributed by atoms with Gasteiger partial charge in [-0.05, 0) is 35.0 Å². The van der Waals surface area contributed by atoms with E-state index in [1.54, 1.807) is 11.7 Å². The van der Waals surface area contributed by atoms with Crippen molar-refractivity contribution >= 4 is 27.6 Å². The number of hydrogen-bond donors (Lipinski definition) is 2. The van der Waals surface area contributed by atoms with E-state index in [2.05, 4.69) is 21.0 Å². The van der Waals surface area contributed by atoms with E-state index in [0.29, 0.717) is 5.69 Å². The molecule has 0 fully saturated rings. The van der Waals surface area contributed by atoms with Crippen molar-refractivity contribution in [2.75, 3.05) is 5.73 Å². The van der Waals surface area contributed by atoms with Gasteiger partial charge < -0.3 is 15.6 Å². The number of anilines is 1. The Bertz CT molecular complexity index is 667. The Hall–Kier alpha value is -2.02. The molecule has 7 heteroatoms. The van der Waals surface area contributed by atoms with Gasteiger partial charge in [0.25, 0.3) is 0 Å². The first-order valence-electron chi connectivity index (χ1n) is 5.83. The van der Waals surface area contributed by atoms with Gasteiger partial charge in [-0.3, -0.25) is 4.68 Å². The third kappa shape index (κ3) is 2.77. The first-order chi connectivity index (χ1) is 9.40. The molecule has 2 aromatic rings. The van der Waals surface area contributed by atoms with Crippen molar-refractivity contribution in [1.29, 1.82) is 0 Å². The summed E-state index contributed by atoms with van der Waals surface area (Å²) in [6, 6.07) is 4.46. The summed E-state index contributed by atoms with van der Waals surface area (Å²) >= 11 is 3.43. The topological polar surface area (TPSA) is 90.4 Å². The minimum Gasteiger partial charge on any atom is -0.486 e. The van der Waals surface area contributed by atoms with Crippen LogP contribution < -0.4 is 10.5 Å². The predicted molar refractivity (Wildman–Crippen MR) is 77.8 cm³/mol. The maximum absolute atomic E-state index is 11.1. The predicted octanol–water partition coefficient (Wildman–Crippen LogP) is 2.35. The molecule has 0 amide bonds. The number of nitrogens with two attached hydrogens (primary N) is 1. The van der Waals surface area contributed by atoms with Crippen molar-refractivity contribution in [1.82, 2.24) is 9.78 Å². The first kappa shape index (κ1) is 14.4. The van der Waals surface area contributed by atoms with Crippen molar-refractivity contribution in [3.63, 3.8) is 0 Å². The monoisotopic (exact) mass is 339 g/mol. The van der Waals surface area contributed by atoms with Crippen LogP contribution in [0.4, 0.5) is 5.69 Å². The van der Waals surface area contributed by atoms with Crippen LogP contribution in [0.3, 0.4) is 0 Å². The summed E-state index contributed by atoms with van der Waals surface area (Å²) in [5.74, 6) is -0.816. The molecule has 6 nitrogen and oxygen atoms in total. The number of carbonyl (C=O) groups is 1. The maximum atomic E-state index is 11.1. The number of aromatic nitrogens is 2. The van der Waals surface area contributed by atoms with Crippen molar-refractivity contribution < 1.29 is 14.6 Å². The van der Waals surface area contributed by atoms with Crippen LogP contribution in [0.2, 0.25) is 0 Å². The zero-order valence-electron chi connectivity index (χ0n) is 11.1. The fourth-order valence-electron chi connectivity index (χ4n) is 1.82. The molecule has 0 spiro atoms. The summed E-state index contributed by atoms with van der Waals surface area (Å²) in [4.78, 5) is 11.1. The number of hydrogen-bond acceptors (Lipinski definition) is 4. The average molecular weight is 340 g/mol. The lowest BCUT2D eigenvalue weighted by Gasteiger charge is -2.10. The molecule has 0 radical (unpaired) electrons. The second-order valence-corrected chi connectivity index (χ2v) is 5.11. The quantitative estimate of drug-likeness (QED) is 0.834. The molecule has 3 N–H and O–H groups in total.